The van der Waals surface area contributed by atoms with E-state index in [0.717, 1.165) is 34.8 Å². The molecule has 2 aliphatic carbocycles. The fourth-order valence-corrected chi connectivity index (χ4v) is 5.61. The summed E-state index contributed by atoms with van der Waals surface area (Å²) in [5.74, 6) is 1.51. The molecule has 4 rings (SSSR count). The average Bonchev–Trinajstić information content (AvgIpc) is 2.85. The Balaban J connectivity index is 1.46. The Morgan fingerprint density at radius 3 is 2.43 bits per heavy atom. The number of allylic oxidation sites excluding steroid dienone is 7. The van der Waals surface area contributed by atoms with Gasteiger partial charge in [-0.25, -0.2) is 0 Å². The van der Waals surface area contributed by atoms with E-state index in [1.165, 1.54) is 49.7 Å². The monoisotopic (exact) mass is 465 g/mol. The van der Waals surface area contributed by atoms with Gasteiger partial charge in [-0.2, -0.15) is 0 Å². The van der Waals surface area contributed by atoms with Crippen LogP contribution in [0.5, 0.6) is 0 Å². The van der Waals surface area contributed by atoms with Crippen LogP contribution in [0.3, 0.4) is 0 Å². The van der Waals surface area contributed by atoms with E-state index in [4.69, 9.17) is 0 Å². The first kappa shape index (κ1) is 25.1. The molecule has 0 bridgehead atoms. The van der Waals surface area contributed by atoms with E-state index in [0.29, 0.717) is 12.3 Å². The van der Waals surface area contributed by atoms with Crippen LogP contribution in [0.2, 0.25) is 0 Å². The van der Waals surface area contributed by atoms with E-state index in [9.17, 15) is 4.79 Å². The molecule has 1 aromatic carbocycles. The quantitative estimate of drug-likeness (QED) is 0.431. The van der Waals surface area contributed by atoms with Crippen LogP contribution in [0.4, 0.5) is 0 Å². The molecule has 1 unspecified atom stereocenters. The van der Waals surface area contributed by atoms with Gasteiger partial charge in [0, 0.05) is 18.3 Å². The van der Waals surface area contributed by atoms with Crippen molar-refractivity contribution in [3.63, 3.8) is 0 Å². The summed E-state index contributed by atoms with van der Waals surface area (Å²) >= 11 is 0. The lowest BCUT2D eigenvalue weighted by Crippen LogP contribution is -2.22. The Bertz CT molecular complexity index is 1090. The summed E-state index contributed by atoms with van der Waals surface area (Å²) in [5.41, 5.74) is 6.88. The molecule has 0 radical (unpaired) electrons. The number of benzene rings is 1. The van der Waals surface area contributed by atoms with Crippen LogP contribution in [-0.4, -0.2) is 10.8 Å². The molecule has 2 aliphatic rings. The smallest absolute Gasteiger partial charge is 0.163 e. The highest BCUT2D eigenvalue weighted by atomic mass is 16.1. The van der Waals surface area contributed by atoms with Gasteiger partial charge in [-0.3, -0.25) is 9.78 Å². The van der Waals surface area contributed by atoms with E-state index in [-0.39, 0.29) is 11.7 Å². The van der Waals surface area contributed by atoms with Gasteiger partial charge in [-0.05, 0) is 78.5 Å². The largest absolute Gasteiger partial charge is 0.294 e. The lowest BCUT2D eigenvalue weighted by molar-refractivity contribution is -0.117. The number of rotatable bonds is 6. The zero-order chi connectivity index (χ0) is 24.6. The zero-order valence-electron chi connectivity index (χ0n) is 21.4. The molecule has 1 atom stereocenters. The molecule has 1 aromatic heterocycles. The lowest BCUT2D eigenvalue weighted by Gasteiger charge is -2.24. The van der Waals surface area contributed by atoms with Crippen molar-refractivity contribution in [2.45, 2.75) is 71.1 Å². The highest BCUT2D eigenvalue weighted by Gasteiger charge is 2.27. The number of nitrogens with zero attached hydrogens (tertiary/aromatic N) is 1. The van der Waals surface area contributed by atoms with Crippen LogP contribution in [0.1, 0.15) is 75.1 Å². The molecule has 0 saturated heterocycles. The first-order valence-electron chi connectivity index (χ1n) is 13.3. The maximum atomic E-state index is 12.8. The van der Waals surface area contributed by atoms with Gasteiger partial charge >= 0.3 is 0 Å². The van der Waals surface area contributed by atoms with E-state index in [1.54, 1.807) is 12.3 Å². The van der Waals surface area contributed by atoms with Crippen molar-refractivity contribution in [3.05, 3.63) is 113 Å². The summed E-state index contributed by atoms with van der Waals surface area (Å²) in [6, 6.07) is 15.1. The van der Waals surface area contributed by atoms with E-state index in [1.807, 2.05) is 31.2 Å². The Labute approximate surface area is 211 Å². The highest BCUT2D eigenvalue weighted by Crippen LogP contribution is 2.34. The van der Waals surface area contributed by atoms with Gasteiger partial charge in [0.15, 0.2) is 5.78 Å². The van der Waals surface area contributed by atoms with Crippen molar-refractivity contribution in [2.24, 2.45) is 11.8 Å². The number of hydrogen-bond acceptors (Lipinski definition) is 2. The summed E-state index contributed by atoms with van der Waals surface area (Å²) < 4.78 is 0. The third-order valence-corrected chi connectivity index (χ3v) is 7.67. The maximum absolute atomic E-state index is 12.8. The molecule has 0 spiro atoms. The minimum atomic E-state index is -0.220. The van der Waals surface area contributed by atoms with E-state index < -0.39 is 0 Å². The summed E-state index contributed by atoms with van der Waals surface area (Å²) in [6.45, 7) is 8.79. The Kier molecular flexibility index (Phi) is 8.69. The second-order valence-corrected chi connectivity index (χ2v) is 10.4. The van der Waals surface area contributed by atoms with Gasteiger partial charge in [-0.15, -0.1) is 0 Å². The van der Waals surface area contributed by atoms with Crippen LogP contribution < -0.4 is 0 Å². The SMILES string of the molecule is C=C(/C=C1\C(=C/C)C=CC(=O)C1Cc1ccccn1)Cc1ccc(C2CCCC(C)CCC2)cc1. The van der Waals surface area contributed by atoms with Crippen LogP contribution >= 0.6 is 0 Å². The molecule has 0 aliphatic heterocycles. The second-order valence-electron chi connectivity index (χ2n) is 10.4. The molecule has 1 heterocycles. The predicted molar refractivity (Wildman–Crippen MR) is 146 cm³/mol. The normalized spacial score (nSPS) is 25.4. The summed E-state index contributed by atoms with van der Waals surface area (Å²) in [4.78, 5) is 17.3. The molecule has 2 aromatic rings. The van der Waals surface area contributed by atoms with Crippen molar-refractivity contribution in [3.8, 4) is 0 Å². The third kappa shape index (κ3) is 6.78. The predicted octanol–water partition coefficient (Wildman–Crippen LogP) is 8.12. The molecule has 0 amide bonds. The van der Waals surface area contributed by atoms with Crippen molar-refractivity contribution in [2.75, 3.05) is 0 Å². The van der Waals surface area contributed by atoms with Gasteiger partial charge in [0.1, 0.15) is 0 Å². The molecule has 1 saturated carbocycles. The molecule has 35 heavy (non-hydrogen) atoms. The van der Waals surface area contributed by atoms with E-state index in [2.05, 4.69) is 54.9 Å². The first-order chi connectivity index (χ1) is 17.0. The zero-order valence-corrected chi connectivity index (χ0v) is 21.4. The van der Waals surface area contributed by atoms with Gasteiger partial charge < -0.3 is 0 Å². The van der Waals surface area contributed by atoms with Crippen molar-refractivity contribution < 1.29 is 4.79 Å². The number of carbonyl (C=O) groups excluding carboxylic acids is 1. The van der Waals surface area contributed by atoms with Crippen molar-refractivity contribution >= 4 is 5.78 Å². The number of hydrogen-bond donors (Lipinski definition) is 0. The minimum absolute atomic E-state index is 0.137. The third-order valence-electron chi connectivity index (χ3n) is 7.67. The van der Waals surface area contributed by atoms with Crippen LogP contribution in [-0.2, 0) is 17.6 Å². The molecule has 0 N–H and O–H groups in total. The van der Waals surface area contributed by atoms with E-state index >= 15 is 0 Å². The van der Waals surface area contributed by atoms with Crippen LogP contribution in [0.25, 0.3) is 0 Å². The first-order valence-corrected chi connectivity index (χ1v) is 13.3. The minimum Gasteiger partial charge on any atom is -0.294 e. The molecule has 2 nitrogen and oxygen atoms in total. The van der Waals surface area contributed by atoms with Gasteiger partial charge in [0.25, 0.3) is 0 Å². The number of carbonyl (C=O) groups is 1. The lowest BCUT2D eigenvalue weighted by atomic mass is 9.80. The second kappa shape index (κ2) is 12.1. The molecule has 1 fully saturated rings. The summed E-state index contributed by atoms with van der Waals surface area (Å²) in [6.07, 6.45) is 19.1. The molecule has 182 valence electrons. The maximum Gasteiger partial charge on any atom is 0.163 e. The van der Waals surface area contributed by atoms with Crippen molar-refractivity contribution in [1.82, 2.24) is 4.98 Å². The molecular weight excluding hydrogens is 426 g/mol. The van der Waals surface area contributed by atoms with Gasteiger partial charge in [0.2, 0.25) is 0 Å². The average molecular weight is 466 g/mol. The van der Waals surface area contributed by atoms with Crippen molar-refractivity contribution in [1.29, 1.82) is 0 Å². The standard InChI is InChI=1S/C33H39NO/c1-4-27-18-19-33(35)32(23-30-13-5-6-20-34-30)31(27)22-25(3)21-26-14-16-29(17-15-26)28-11-7-9-24(2)10-8-12-28/h4-6,13-20,22,24,28,32H,3,7-12,21,23H2,1-2H3/b27-4-,31-22+. The fourth-order valence-electron chi connectivity index (χ4n) is 5.61. The molecular formula is C33H39NO. The number of ketones is 1. The van der Waals surface area contributed by atoms with Gasteiger partial charge in [0.05, 0.1) is 5.92 Å². The van der Waals surface area contributed by atoms with Crippen LogP contribution in [0.15, 0.2) is 96.3 Å². The summed E-state index contributed by atoms with van der Waals surface area (Å²) in [5, 5.41) is 0. The Hall–Kier alpha value is -3.00. The number of pyridine rings is 1. The Morgan fingerprint density at radius 1 is 1.03 bits per heavy atom. The fraction of sp³-hybridized carbons (Fsp3) is 0.394. The van der Waals surface area contributed by atoms with Gasteiger partial charge in [-0.1, -0.05) is 93.3 Å². The molecule has 2 heteroatoms. The topological polar surface area (TPSA) is 30.0 Å². The van der Waals surface area contributed by atoms with Crippen LogP contribution in [0, 0.1) is 11.8 Å². The summed E-state index contributed by atoms with van der Waals surface area (Å²) in [7, 11) is 0. The highest BCUT2D eigenvalue weighted by molar-refractivity contribution is 5.97. The Morgan fingerprint density at radius 2 is 1.77 bits per heavy atom. The number of aromatic nitrogens is 1.